The summed E-state index contributed by atoms with van der Waals surface area (Å²) in [4.78, 5) is 11.1. The average molecular weight is 226 g/mol. The van der Waals surface area contributed by atoms with Crippen molar-refractivity contribution in [1.82, 2.24) is 0 Å². The molecule has 78 valence electrons. The van der Waals surface area contributed by atoms with E-state index in [-0.39, 0.29) is 0 Å². The minimum Gasteiger partial charge on any atom is -0.298 e. The van der Waals surface area contributed by atoms with E-state index in [0.717, 1.165) is 17.2 Å². The number of carbonyl (C=O) groups is 1. The van der Waals surface area contributed by atoms with Gasteiger partial charge in [0, 0.05) is 25.7 Å². The highest BCUT2D eigenvalue weighted by Gasteiger charge is 2.08. The first-order valence-corrected chi connectivity index (χ1v) is 5.98. The van der Waals surface area contributed by atoms with Crippen LogP contribution in [0.25, 0.3) is 20.2 Å². The third-order valence-electron chi connectivity index (χ3n) is 2.81. The Morgan fingerprint density at radius 2 is 2.00 bits per heavy atom. The fraction of sp³-hybridized carbons (Fsp3) is 0.0714. The Morgan fingerprint density at radius 3 is 2.81 bits per heavy atom. The Kier molecular flexibility index (Phi) is 2.04. The van der Waals surface area contributed by atoms with Crippen LogP contribution in [0.15, 0.2) is 36.4 Å². The molecule has 0 aliphatic carbocycles. The van der Waals surface area contributed by atoms with Gasteiger partial charge in [0.25, 0.3) is 0 Å². The van der Waals surface area contributed by atoms with E-state index in [9.17, 15) is 4.79 Å². The number of aryl methyl sites for hydroxylation is 1. The van der Waals surface area contributed by atoms with Gasteiger partial charge in [-0.2, -0.15) is 0 Å². The Hall–Kier alpha value is -1.67. The molecule has 0 bridgehead atoms. The van der Waals surface area contributed by atoms with E-state index in [2.05, 4.69) is 31.2 Å². The van der Waals surface area contributed by atoms with Gasteiger partial charge in [0.15, 0.2) is 6.29 Å². The number of benzene rings is 2. The third-order valence-corrected chi connectivity index (χ3v) is 3.95. The molecule has 3 rings (SSSR count). The van der Waals surface area contributed by atoms with Gasteiger partial charge in [-0.15, -0.1) is 11.3 Å². The lowest BCUT2D eigenvalue weighted by molar-refractivity contribution is 0.112. The van der Waals surface area contributed by atoms with Crippen LogP contribution in [0.2, 0.25) is 0 Å². The molecule has 0 aliphatic heterocycles. The molecule has 0 amide bonds. The van der Waals surface area contributed by atoms with Gasteiger partial charge in [-0.05, 0) is 25.1 Å². The molecular formula is C14H10OS. The van der Waals surface area contributed by atoms with Crippen molar-refractivity contribution in [3.63, 3.8) is 0 Å². The quantitative estimate of drug-likeness (QED) is 0.569. The van der Waals surface area contributed by atoms with E-state index in [1.54, 1.807) is 11.3 Å². The number of hydrogen-bond acceptors (Lipinski definition) is 2. The van der Waals surface area contributed by atoms with Gasteiger partial charge in [0.1, 0.15) is 0 Å². The highest BCUT2D eigenvalue weighted by atomic mass is 32.1. The van der Waals surface area contributed by atoms with Gasteiger partial charge in [-0.25, -0.2) is 0 Å². The molecule has 0 saturated heterocycles. The standard InChI is InChI=1S/C14H10OS/c1-9-5-6-12-11(7-9)14-10(8-15)3-2-4-13(14)16-12/h2-8H,1H3. The minimum absolute atomic E-state index is 0.786. The summed E-state index contributed by atoms with van der Waals surface area (Å²) in [5.74, 6) is 0. The second-order valence-corrected chi connectivity index (χ2v) is 5.02. The van der Waals surface area contributed by atoms with E-state index in [4.69, 9.17) is 0 Å². The smallest absolute Gasteiger partial charge is 0.150 e. The lowest BCUT2D eigenvalue weighted by Crippen LogP contribution is -1.80. The fourth-order valence-electron chi connectivity index (χ4n) is 2.07. The van der Waals surface area contributed by atoms with Crippen molar-refractivity contribution in [3.8, 4) is 0 Å². The molecule has 0 N–H and O–H groups in total. The zero-order chi connectivity index (χ0) is 11.1. The fourth-order valence-corrected chi connectivity index (χ4v) is 3.19. The number of hydrogen-bond donors (Lipinski definition) is 0. The summed E-state index contributed by atoms with van der Waals surface area (Å²) >= 11 is 1.74. The van der Waals surface area contributed by atoms with Crippen molar-refractivity contribution in [2.24, 2.45) is 0 Å². The molecule has 1 heterocycles. The van der Waals surface area contributed by atoms with Crippen LogP contribution in [0.5, 0.6) is 0 Å². The topological polar surface area (TPSA) is 17.1 Å². The van der Waals surface area contributed by atoms with Crippen molar-refractivity contribution < 1.29 is 4.79 Å². The maximum atomic E-state index is 11.1. The number of fused-ring (bicyclic) bond motifs is 3. The first-order chi connectivity index (χ1) is 7.79. The molecule has 16 heavy (non-hydrogen) atoms. The molecule has 1 aromatic heterocycles. The minimum atomic E-state index is 0.786. The van der Waals surface area contributed by atoms with Crippen LogP contribution < -0.4 is 0 Å². The molecule has 2 heteroatoms. The van der Waals surface area contributed by atoms with Gasteiger partial charge in [-0.3, -0.25) is 4.79 Å². The monoisotopic (exact) mass is 226 g/mol. The Balaban J connectivity index is 2.59. The maximum absolute atomic E-state index is 11.1. The molecule has 1 nitrogen and oxygen atoms in total. The number of aldehydes is 1. The van der Waals surface area contributed by atoms with Gasteiger partial charge < -0.3 is 0 Å². The van der Waals surface area contributed by atoms with Crippen LogP contribution in [0.1, 0.15) is 15.9 Å². The lowest BCUT2D eigenvalue weighted by atomic mass is 10.1. The van der Waals surface area contributed by atoms with Crippen molar-refractivity contribution >= 4 is 37.8 Å². The maximum Gasteiger partial charge on any atom is 0.150 e. The molecule has 2 aromatic carbocycles. The molecule has 0 unspecified atom stereocenters. The highest BCUT2D eigenvalue weighted by Crippen LogP contribution is 2.35. The highest BCUT2D eigenvalue weighted by molar-refractivity contribution is 7.25. The molecule has 0 spiro atoms. The summed E-state index contributed by atoms with van der Waals surface area (Å²) in [6, 6.07) is 12.3. The molecule has 0 fully saturated rings. The summed E-state index contributed by atoms with van der Waals surface area (Å²) in [7, 11) is 0. The number of rotatable bonds is 1. The number of carbonyl (C=O) groups excluding carboxylic acids is 1. The lowest BCUT2D eigenvalue weighted by Gasteiger charge is -1.96. The second-order valence-electron chi connectivity index (χ2n) is 3.94. The third kappa shape index (κ3) is 1.27. The summed E-state index contributed by atoms with van der Waals surface area (Å²) in [6.07, 6.45) is 0.941. The molecular weight excluding hydrogens is 216 g/mol. The average Bonchev–Trinajstić information content (AvgIpc) is 2.66. The predicted octanol–water partition coefficient (Wildman–Crippen LogP) is 4.18. The number of thiophene rings is 1. The van der Waals surface area contributed by atoms with Crippen LogP contribution in [-0.2, 0) is 0 Å². The van der Waals surface area contributed by atoms with Crippen molar-refractivity contribution in [1.29, 1.82) is 0 Å². The van der Waals surface area contributed by atoms with Gasteiger partial charge in [-0.1, -0.05) is 23.8 Å². The molecule has 3 aromatic rings. The van der Waals surface area contributed by atoms with Crippen molar-refractivity contribution in [2.45, 2.75) is 6.92 Å². The normalized spacial score (nSPS) is 11.1. The molecule has 0 atom stereocenters. The summed E-state index contributed by atoms with van der Waals surface area (Å²) in [5.41, 5.74) is 2.02. The van der Waals surface area contributed by atoms with Gasteiger partial charge >= 0.3 is 0 Å². The Labute approximate surface area is 97.3 Å². The van der Waals surface area contributed by atoms with E-state index >= 15 is 0 Å². The van der Waals surface area contributed by atoms with Crippen LogP contribution in [-0.4, -0.2) is 6.29 Å². The zero-order valence-electron chi connectivity index (χ0n) is 8.86. The van der Waals surface area contributed by atoms with E-state index in [1.165, 1.54) is 20.3 Å². The van der Waals surface area contributed by atoms with Crippen molar-refractivity contribution in [3.05, 3.63) is 47.5 Å². The zero-order valence-corrected chi connectivity index (χ0v) is 9.67. The summed E-state index contributed by atoms with van der Waals surface area (Å²) in [6.45, 7) is 2.08. The molecule has 0 radical (unpaired) electrons. The van der Waals surface area contributed by atoms with E-state index in [1.807, 2.05) is 12.1 Å². The van der Waals surface area contributed by atoms with Crippen LogP contribution >= 0.6 is 11.3 Å². The largest absolute Gasteiger partial charge is 0.298 e. The molecule has 0 aliphatic rings. The molecule has 0 saturated carbocycles. The first kappa shape index (κ1) is 9.55. The van der Waals surface area contributed by atoms with Crippen molar-refractivity contribution in [2.75, 3.05) is 0 Å². The van der Waals surface area contributed by atoms with Crippen LogP contribution in [0, 0.1) is 6.92 Å². The predicted molar refractivity (Wildman–Crippen MR) is 69.5 cm³/mol. The first-order valence-electron chi connectivity index (χ1n) is 5.16. The van der Waals surface area contributed by atoms with Crippen LogP contribution in [0.3, 0.4) is 0 Å². The Morgan fingerprint density at radius 1 is 1.12 bits per heavy atom. The van der Waals surface area contributed by atoms with Crippen LogP contribution in [0.4, 0.5) is 0 Å². The van der Waals surface area contributed by atoms with Gasteiger partial charge in [0.05, 0.1) is 0 Å². The summed E-state index contributed by atoms with van der Waals surface area (Å²) in [5, 5.41) is 2.30. The van der Waals surface area contributed by atoms with E-state index in [0.29, 0.717) is 0 Å². The SMILES string of the molecule is Cc1ccc2sc3cccc(C=O)c3c2c1. The van der Waals surface area contributed by atoms with E-state index < -0.39 is 0 Å². The van der Waals surface area contributed by atoms with Gasteiger partial charge in [0.2, 0.25) is 0 Å². The second kappa shape index (κ2) is 3.42. The summed E-state index contributed by atoms with van der Waals surface area (Å²) < 4.78 is 2.43. The Bertz CT molecular complexity index is 694.